The molecule has 0 aromatic heterocycles. The minimum absolute atomic E-state index is 0.243. The lowest BCUT2D eigenvalue weighted by molar-refractivity contribution is -0.149. The number of nitrogens with zero attached hydrogens (tertiary/aromatic N) is 1. The van der Waals surface area contributed by atoms with Crippen molar-refractivity contribution in [3.8, 4) is 11.8 Å². The van der Waals surface area contributed by atoms with E-state index in [0.29, 0.717) is 29.2 Å². The number of carboxylic acids is 1. The molecular weight excluding hydrogens is 270 g/mol. The maximum Gasteiger partial charge on any atom is 0.332 e. The van der Waals surface area contributed by atoms with E-state index in [2.05, 4.69) is 0 Å². The van der Waals surface area contributed by atoms with Crippen molar-refractivity contribution in [1.29, 1.82) is 5.26 Å². The van der Waals surface area contributed by atoms with Crippen molar-refractivity contribution in [3.63, 3.8) is 0 Å². The monoisotopic (exact) mass is 281 g/mol. The van der Waals surface area contributed by atoms with E-state index in [1.807, 2.05) is 6.07 Å². The van der Waals surface area contributed by atoms with Crippen molar-refractivity contribution in [1.82, 2.24) is 0 Å². The van der Waals surface area contributed by atoms with Crippen LogP contribution in [-0.2, 0) is 9.53 Å². The van der Waals surface area contributed by atoms with E-state index in [0.717, 1.165) is 0 Å². The maximum atomic E-state index is 10.7. The molecule has 0 aliphatic carbocycles. The topological polar surface area (TPSA) is 79.5 Å². The number of hydrogen-bond acceptors (Lipinski definition) is 4. The number of benzene rings is 1. The van der Waals surface area contributed by atoms with E-state index in [9.17, 15) is 4.79 Å². The van der Waals surface area contributed by atoms with Crippen molar-refractivity contribution < 1.29 is 19.4 Å². The molecule has 1 aliphatic heterocycles. The third-order valence-corrected chi connectivity index (χ3v) is 3.16. The molecule has 0 radical (unpaired) electrons. The average Bonchev–Trinajstić information content (AvgIpc) is 2.86. The van der Waals surface area contributed by atoms with Crippen LogP contribution in [0.5, 0.6) is 5.75 Å². The summed E-state index contributed by atoms with van der Waals surface area (Å²) in [5.74, 6) is -0.484. The molecule has 0 spiro atoms. The highest BCUT2D eigenvalue weighted by atomic mass is 35.5. The molecular formula is C13H12ClNO4. The Kier molecular flexibility index (Phi) is 4.25. The van der Waals surface area contributed by atoms with Gasteiger partial charge in [-0.3, -0.25) is 0 Å². The number of rotatable bonds is 4. The lowest BCUT2D eigenvalue weighted by Gasteiger charge is -2.13. The third kappa shape index (κ3) is 3.37. The fourth-order valence-electron chi connectivity index (χ4n) is 1.88. The first-order valence-corrected chi connectivity index (χ1v) is 6.18. The molecule has 1 aromatic carbocycles. The maximum absolute atomic E-state index is 10.7. The summed E-state index contributed by atoms with van der Waals surface area (Å²) in [7, 11) is 0. The lowest BCUT2D eigenvalue weighted by Crippen LogP contribution is -2.23. The summed E-state index contributed by atoms with van der Waals surface area (Å²) in [6, 6.07) is 6.72. The first-order chi connectivity index (χ1) is 9.10. The Morgan fingerprint density at radius 1 is 1.58 bits per heavy atom. The summed E-state index contributed by atoms with van der Waals surface area (Å²) in [6.45, 7) is 0.245. The molecule has 0 amide bonds. The van der Waals surface area contributed by atoms with E-state index in [-0.39, 0.29) is 12.7 Å². The SMILES string of the molecule is N#Cc1ccc(OCC2CCC(C(=O)O)O2)c(Cl)c1. The van der Waals surface area contributed by atoms with Crippen LogP contribution >= 0.6 is 11.6 Å². The van der Waals surface area contributed by atoms with E-state index in [1.54, 1.807) is 12.1 Å². The quantitative estimate of drug-likeness (QED) is 0.915. The van der Waals surface area contributed by atoms with Crippen molar-refractivity contribution in [2.24, 2.45) is 0 Å². The molecule has 1 N–H and O–H groups in total. The van der Waals surface area contributed by atoms with E-state index in [1.165, 1.54) is 6.07 Å². The number of halogens is 1. The van der Waals surface area contributed by atoms with Gasteiger partial charge in [-0.1, -0.05) is 11.6 Å². The Balaban J connectivity index is 1.90. The second-order valence-electron chi connectivity index (χ2n) is 4.23. The first-order valence-electron chi connectivity index (χ1n) is 5.81. The van der Waals surface area contributed by atoms with Gasteiger partial charge >= 0.3 is 5.97 Å². The predicted octanol–water partition coefficient (Wildman–Crippen LogP) is 2.22. The molecule has 2 atom stereocenters. The first kappa shape index (κ1) is 13.7. The number of nitriles is 1. The van der Waals surface area contributed by atoms with Crippen molar-refractivity contribution in [3.05, 3.63) is 28.8 Å². The Morgan fingerprint density at radius 3 is 2.95 bits per heavy atom. The van der Waals surface area contributed by atoms with E-state index < -0.39 is 12.1 Å². The molecule has 5 nitrogen and oxygen atoms in total. The smallest absolute Gasteiger partial charge is 0.332 e. The molecule has 2 rings (SSSR count). The molecule has 1 saturated heterocycles. The Morgan fingerprint density at radius 2 is 2.37 bits per heavy atom. The number of carboxylic acid groups (broad SMARTS) is 1. The second-order valence-corrected chi connectivity index (χ2v) is 4.64. The van der Waals surface area contributed by atoms with Crippen LogP contribution in [0.2, 0.25) is 5.02 Å². The second kappa shape index (κ2) is 5.91. The zero-order chi connectivity index (χ0) is 13.8. The Labute approximate surface area is 115 Å². The summed E-state index contributed by atoms with van der Waals surface area (Å²) in [5, 5.41) is 17.9. The van der Waals surface area contributed by atoms with Crippen LogP contribution in [0.1, 0.15) is 18.4 Å². The summed E-state index contributed by atoms with van der Waals surface area (Å²) < 4.78 is 10.8. The Bertz CT molecular complexity index is 526. The predicted molar refractivity (Wildman–Crippen MR) is 67.2 cm³/mol. The van der Waals surface area contributed by atoms with Gasteiger partial charge in [0.2, 0.25) is 0 Å². The third-order valence-electron chi connectivity index (χ3n) is 2.87. The Hall–Kier alpha value is -1.77. The molecule has 1 aromatic rings. The van der Waals surface area contributed by atoms with Gasteiger partial charge in [0.05, 0.1) is 22.8 Å². The highest BCUT2D eigenvalue weighted by molar-refractivity contribution is 6.32. The highest BCUT2D eigenvalue weighted by Crippen LogP contribution is 2.27. The van der Waals surface area contributed by atoms with Gasteiger partial charge in [0.15, 0.2) is 6.10 Å². The normalized spacial score (nSPS) is 21.9. The van der Waals surface area contributed by atoms with Gasteiger partial charge in [-0.15, -0.1) is 0 Å². The van der Waals surface area contributed by atoms with Gasteiger partial charge in [0.25, 0.3) is 0 Å². The highest BCUT2D eigenvalue weighted by Gasteiger charge is 2.30. The van der Waals surface area contributed by atoms with Crippen LogP contribution in [-0.4, -0.2) is 29.9 Å². The van der Waals surface area contributed by atoms with Crippen molar-refractivity contribution in [2.75, 3.05) is 6.61 Å². The van der Waals surface area contributed by atoms with Gasteiger partial charge in [0.1, 0.15) is 12.4 Å². The van der Waals surface area contributed by atoms with E-state index in [4.69, 9.17) is 31.4 Å². The molecule has 6 heteroatoms. The zero-order valence-electron chi connectivity index (χ0n) is 10.0. The van der Waals surface area contributed by atoms with Crippen LogP contribution in [0.25, 0.3) is 0 Å². The molecule has 0 bridgehead atoms. The molecule has 0 saturated carbocycles. The van der Waals surface area contributed by atoms with Crippen LogP contribution in [0, 0.1) is 11.3 Å². The van der Waals surface area contributed by atoms with E-state index >= 15 is 0 Å². The largest absolute Gasteiger partial charge is 0.489 e. The van der Waals surface area contributed by atoms with Gasteiger partial charge in [0, 0.05) is 0 Å². The van der Waals surface area contributed by atoms with Gasteiger partial charge < -0.3 is 14.6 Å². The van der Waals surface area contributed by atoms with Crippen molar-refractivity contribution >= 4 is 17.6 Å². The average molecular weight is 282 g/mol. The minimum atomic E-state index is -0.945. The number of hydrogen-bond donors (Lipinski definition) is 1. The number of carbonyl (C=O) groups is 1. The molecule has 100 valence electrons. The molecule has 1 aliphatic rings. The summed E-state index contributed by atoms with van der Waals surface area (Å²) in [5.41, 5.74) is 0.459. The zero-order valence-corrected chi connectivity index (χ0v) is 10.8. The number of aliphatic carboxylic acids is 1. The molecule has 1 fully saturated rings. The van der Waals surface area contributed by atoms with Crippen LogP contribution in [0.4, 0.5) is 0 Å². The summed E-state index contributed by atoms with van der Waals surface area (Å²) >= 11 is 5.96. The fraction of sp³-hybridized carbons (Fsp3) is 0.385. The lowest BCUT2D eigenvalue weighted by atomic mass is 10.2. The molecule has 19 heavy (non-hydrogen) atoms. The van der Waals surface area contributed by atoms with Crippen LogP contribution < -0.4 is 4.74 Å². The minimum Gasteiger partial charge on any atom is -0.489 e. The fourth-order valence-corrected chi connectivity index (χ4v) is 2.12. The molecule has 1 heterocycles. The standard InChI is InChI=1S/C13H12ClNO4/c14-10-5-8(6-15)1-3-11(10)18-7-9-2-4-12(19-9)13(16)17/h1,3,5,9,12H,2,4,7H2,(H,16,17). The molecule has 2 unspecified atom stereocenters. The van der Waals surface area contributed by atoms with Gasteiger partial charge in [-0.25, -0.2) is 4.79 Å². The van der Waals surface area contributed by atoms with Crippen LogP contribution in [0.3, 0.4) is 0 Å². The summed E-state index contributed by atoms with van der Waals surface area (Å²) in [6.07, 6.45) is 0.146. The van der Waals surface area contributed by atoms with Crippen LogP contribution in [0.15, 0.2) is 18.2 Å². The van der Waals surface area contributed by atoms with Gasteiger partial charge in [-0.05, 0) is 31.0 Å². The number of ether oxygens (including phenoxy) is 2. The summed E-state index contributed by atoms with van der Waals surface area (Å²) in [4.78, 5) is 10.7. The van der Waals surface area contributed by atoms with Crippen molar-refractivity contribution in [2.45, 2.75) is 25.0 Å². The van der Waals surface area contributed by atoms with Gasteiger partial charge in [-0.2, -0.15) is 5.26 Å².